The highest BCUT2D eigenvalue weighted by Crippen LogP contribution is 2.08. The number of benzene rings is 1. The fourth-order valence-electron chi connectivity index (χ4n) is 1.46. The Morgan fingerprint density at radius 3 is 2.75 bits per heavy atom. The minimum atomic E-state index is 0.780. The largest absolute Gasteiger partial charge is 0.336 e. The average Bonchev–Trinajstić information content (AvgIpc) is 2.80. The molecule has 0 fully saturated rings. The number of hydrogen-bond donors (Lipinski definition) is 1. The maximum atomic E-state index is 5.81. The third-order valence-corrected chi connectivity index (χ3v) is 2.60. The van der Waals surface area contributed by atoms with Gasteiger partial charge in [-0.2, -0.15) is 0 Å². The fraction of sp³-hybridized carbons (Fsp3) is 0.250. The van der Waals surface area contributed by atoms with Gasteiger partial charge in [-0.25, -0.2) is 4.98 Å². The van der Waals surface area contributed by atoms with Gasteiger partial charge in [-0.1, -0.05) is 23.7 Å². The summed E-state index contributed by atoms with van der Waals surface area (Å²) >= 11 is 5.81. The number of imidazole rings is 1. The lowest BCUT2D eigenvalue weighted by molar-refractivity contribution is 0.597. The molecule has 0 aliphatic rings. The molecule has 4 heteroatoms. The Hall–Kier alpha value is -1.32. The molecule has 16 heavy (non-hydrogen) atoms. The van der Waals surface area contributed by atoms with Crippen molar-refractivity contribution < 1.29 is 0 Å². The quantitative estimate of drug-likeness (QED) is 0.807. The molecule has 0 bridgehead atoms. The van der Waals surface area contributed by atoms with Crippen LogP contribution in [-0.2, 0) is 13.1 Å². The van der Waals surface area contributed by atoms with Crippen LogP contribution in [0.4, 0.5) is 0 Å². The highest BCUT2D eigenvalue weighted by Gasteiger charge is 1.93. The third kappa shape index (κ3) is 3.36. The first-order chi connectivity index (χ1) is 7.84. The van der Waals surface area contributed by atoms with E-state index < -0.39 is 0 Å². The van der Waals surface area contributed by atoms with Crippen molar-refractivity contribution in [3.05, 3.63) is 53.6 Å². The van der Waals surface area contributed by atoms with Crippen LogP contribution in [0.25, 0.3) is 0 Å². The van der Waals surface area contributed by atoms with Crippen molar-refractivity contribution in [3.63, 3.8) is 0 Å². The van der Waals surface area contributed by atoms with Gasteiger partial charge in [0.25, 0.3) is 0 Å². The fourth-order valence-corrected chi connectivity index (χ4v) is 1.59. The smallest absolute Gasteiger partial charge is 0.0946 e. The molecule has 1 aromatic heterocycles. The monoisotopic (exact) mass is 235 g/mol. The topological polar surface area (TPSA) is 29.9 Å². The van der Waals surface area contributed by atoms with Crippen molar-refractivity contribution in [2.24, 2.45) is 0 Å². The molecule has 0 atom stereocenters. The van der Waals surface area contributed by atoms with E-state index in [4.69, 9.17) is 11.6 Å². The molecule has 1 heterocycles. The van der Waals surface area contributed by atoms with Gasteiger partial charge in [0.2, 0.25) is 0 Å². The molecule has 1 aromatic carbocycles. The molecule has 0 aliphatic heterocycles. The van der Waals surface area contributed by atoms with Gasteiger partial charge >= 0.3 is 0 Å². The standard InChI is InChI=1S/C12H14ClN3/c13-12-3-1-11(2-4-12)9-14-5-7-16-8-6-15-10-16/h1-4,6,8,10,14H,5,7,9H2. The van der Waals surface area contributed by atoms with E-state index in [9.17, 15) is 0 Å². The average molecular weight is 236 g/mol. The van der Waals surface area contributed by atoms with Gasteiger partial charge in [-0.3, -0.25) is 0 Å². The molecule has 0 radical (unpaired) electrons. The van der Waals surface area contributed by atoms with E-state index in [-0.39, 0.29) is 0 Å². The summed E-state index contributed by atoms with van der Waals surface area (Å²) in [6.07, 6.45) is 5.58. The normalized spacial score (nSPS) is 10.6. The van der Waals surface area contributed by atoms with Crippen LogP contribution in [0.15, 0.2) is 43.0 Å². The van der Waals surface area contributed by atoms with Crippen LogP contribution in [0.2, 0.25) is 5.02 Å². The van der Waals surface area contributed by atoms with E-state index in [0.29, 0.717) is 0 Å². The number of halogens is 1. The van der Waals surface area contributed by atoms with Gasteiger partial charge in [-0.05, 0) is 17.7 Å². The summed E-state index contributed by atoms with van der Waals surface area (Å²) < 4.78 is 2.05. The van der Waals surface area contributed by atoms with Crippen LogP contribution in [0.1, 0.15) is 5.56 Å². The molecule has 0 amide bonds. The van der Waals surface area contributed by atoms with E-state index in [1.165, 1.54) is 5.56 Å². The van der Waals surface area contributed by atoms with Crippen LogP contribution in [0, 0.1) is 0 Å². The van der Waals surface area contributed by atoms with Crippen molar-refractivity contribution in [1.29, 1.82) is 0 Å². The zero-order chi connectivity index (χ0) is 11.2. The summed E-state index contributed by atoms with van der Waals surface area (Å²) in [6, 6.07) is 7.89. The molecular formula is C12H14ClN3. The lowest BCUT2D eigenvalue weighted by Crippen LogP contribution is -2.18. The first-order valence-electron chi connectivity index (χ1n) is 5.25. The zero-order valence-corrected chi connectivity index (χ0v) is 9.69. The predicted molar refractivity (Wildman–Crippen MR) is 65.4 cm³/mol. The van der Waals surface area contributed by atoms with Gasteiger partial charge in [0.05, 0.1) is 6.33 Å². The van der Waals surface area contributed by atoms with Crippen LogP contribution in [-0.4, -0.2) is 16.1 Å². The second kappa shape index (κ2) is 5.68. The maximum absolute atomic E-state index is 5.81. The van der Waals surface area contributed by atoms with E-state index in [1.54, 1.807) is 6.20 Å². The molecule has 2 rings (SSSR count). The van der Waals surface area contributed by atoms with Crippen molar-refractivity contribution in [1.82, 2.24) is 14.9 Å². The Labute approximate surface area is 100 Å². The zero-order valence-electron chi connectivity index (χ0n) is 8.94. The van der Waals surface area contributed by atoms with Crippen LogP contribution in [0.5, 0.6) is 0 Å². The molecule has 0 aliphatic carbocycles. The Balaban J connectivity index is 1.70. The van der Waals surface area contributed by atoms with Crippen LogP contribution in [0.3, 0.4) is 0 Å². The number of aromatic nitrogens is 2. The van der Waals surface area contributed by atoms with E-state index in [0.717, 1.165) is 24.7 Å². The third-order valence-electron chi connectivity index (χ3n) is 2.35. The van der Waals surface area contributed by atoms with Crippen molar-refractivity contribution in [2.45, 2.75) is 13.1 Å². The van der Waals surface area contributed by atoms with E-state index >= 15 is 0 Å². The molecule has 1 N–H and O–H groups in total. The summed E-state index contributed by atoms with van der Waals surface area (Å²) in [5.41, 5.74) is 1.25. The number of rotatable bonds is 5. The number of hydrogen-bond acceptors (Lipinski definition) is 2. The predicted octanol–water partition coefficient (Wildman–Crippen LogP) is 2.33. The van der Waals surface area contributed by atoms with E-state index in [2.05, 4.69) is 14.9 Å². The maximum Gasteiger partial charge on any atom is 0.0946 e. The Morgan fingerprint density at radius 1 is 1.25 bits per heavy atom. The molecule has 0 saturated carbocycles. The molecule has 0 saturated heterocycles. The summed E-state index contributed by atoms with van der Waals surface area (Å²) in [6.45, 7) is 2.73. The summed E-state index contributed by atoms with van der Waals surface area (Å²) in [5, 5.41) is 4.15. The minimum Gasteiger partial charge on any atom is -0.336 e. The molecule has 3 nitrogen and oxygen atoms in total. The van der Waals surface area contributed by atoms with Crippen molar-refractivity contribution >= 4 is 11.6 Å². The van der Waals surface area contributed by atoms with E-state index in [1.807, 2.05) is 36.8 Å². The first kappa shape index (κ1) is 11.2. The SMILES string of the molecule is Clc1ccc(CNCCn2ccnc2)cc1. The molecular weight excluding hydrogens is 222 g/mol. The molecule has 2 aromatic rings. The second-order valence-corrected chi connectivity index (χ2v) is 4.04. The number of nitrogens with zero attached hydrogens (tertiary/aromatic N) is 2. The molecule has 84 valence electrons. The Kier molecular flexibility index (Phi) is 3.97. The second-order valence-electron chi connectivity index (χ2n) is 3.60. The summed E-state index contributed by atoms with van der Waals surface area (Å²) in [4.78, 5) is 3.99. The Morgan fingerprint density at radius 2 is 2.06 bits per heavy atom. The van der Waals surface area contributed by atoms with Crippen molar-refractivity contribution in [3.8, 4) is 0 Å². The Bertz CT molecular complexity index is 408. The molecule has 0 spiro atoms. The number of nitrogens with one attached hydrogen (secondary N) is 1. The molecule has 0 unspecified atom stereocenters. The van der Waals surface area contributed by atoms with Gasteiger partial charge in [-0.15, -0.1) is 0 Å². The van der Waals surface area contributed by atoms with Crippen LogP contribution < -0.4 is 5.32 Å². The summed E-state index contributed by atoms with van der Waals surface area (Å²) in [5.74, 6) is 0. The van der Waals surface area contributed by atoms with Crippen molar-refractivity contribution in [2.75, 3.05) is 6.54 Å². The lowest BCUT2D eigenvalue weighted by atomic mass is 10.2. The van der Waals surface area contributed by atoms with Gasteiger partial charge in [0.15, 0.2) is 0 Å². The van der Waals surface area contributed by atoms with Gasteiger partial charge < -0.3 is 9.88 Å². The lowest BCUT2D eigenvalue weighted by Gasteiger charge is -2.05. The minimum absolute atomic E-state index is 0.780. The van der Waals surface area contributed by atoms with Gasteiger partial charge in [0.1, 0.15) is 0 Å². The first-order valence-corrected chi connectivity index (χ1v) is 5.63. The highest BCUT2D eigenvalue weighted by molar-refractivity contribution is 6.30. The summed E-state index contributed by atoms with van der Waals surface area (Å²) in [7, 11) is 0. The van der Waals surface area contributed by atoms with Crippen LogP contribution >= 0.6 is 11.6 Å². The highest BCUT2D eigenvalue weighted by atomic mass is 35.5. The van der Waals surface area contributed by atoms with Gasteiger partial charge in [0, 0.05) is 37.1 Å².